The van der Waals surface area contributed by atoms with Crippen LogP contribution in [0.5, 0.6) is 5.75 Å². The van der Waals surface area contributed by atoms with Crippen molar-refractivity contribution in [1.82, 2.24) is 4.90 Å². The zero-order valence-corrected chi connectivity index (χ0v) is 16.6. The van der Waals surface area contributed by atoms with Gasteiger partial charge in [0, 0.05) is 19.5 Å². The molecule has 0 bridgehead atoms. The fraction of sp³-hybridized carbons (Fsp3) is 0.391. The fourth-order valence-electron chi connectivity index (χ4n) is 3.91. The van der Waals surface area contributed by atoms with Crippen LogP contribution in [0.3, 0.4) is 0 Å². The molecule has 1 aliphatic rings. The summed E-state index contributed by atoms with van der Waals surface area (Å²) in [4.78, 5) is 25.7. The third-order valence-corrected chi connectivity index (χ3v) is 5.59. The summed E-state index contributed by atoms with van der Waals surface area (Å²) >= 11 is 0. The van der Waals surface area contributed by atoms with Crippen LogP contribution in [0, 0.1) is 11.7 Å². The molecule has 1 saturated heterocycles. The molecule has 1 amide bonds. The first-order chi connectivity index (χ1) is 14.0. The van der Waals surface area contributed by atoms with Gasteiger partial charge in [0.2, 0.25) is 5.91 Å². The molecule has 3 rings (SSSR count). The van der Waals surface area contributed by atoms with Crippen LogP contribution >= 0.6 is 0 Å². The van der Waals surface area contributed by atoms with Crippen LogP contribution in [0.1, 0.15) is 40.7 Å². The monoisotopic (exact) mass is 399 g/mol. The lowest BCUT2D eigenvalue weighted by molar-refractivity contribution is -0.132. The molecule has 2 aromatic rings. The molecule has 154 valence electrons. The van der Waals surface area contributed by atoms with E-state index in [0.29, 0.717) is 43.0 Å². The van der Waals surface area contributed by atoms with E-state index in [4.69, 9.17) is 4.74 Å². The fourth-order valence-corrected chi connectivity index (χ4v) is 3.91. The molecule has 0 saturated carbocycles. The van der Waals surface area contributed by atoms with Gasteiger partial charge in [0.25, 0.3) is 0 Å². The summed E-state index contributed by atoms with van der Waals surface area (Å²) in [6.07, 6.45) is 2.99. The Morgan fingerprint density at radius 3 is 2.48 bits per heavy atom. The molecule has 0 atom stereocenters. The third-order valence-electron chi connectivity index (χ3n) is 5.59. The van der Waals surface area contributed by atoms with E-state index in [2.05, 4.69) is 0 Å². The van der Waals surface area contributed by atoms with E-state index in [0.717, 1.165) is 18.4 Å². The molecule has 1 heterocycles. The van der Waals surface area contributed by atoms with Crippen molar-refractivity contribution in [2.75, 3.05) is 20.2 Å². The number of nitrogens with zero attached hydrogens (tertiary/aromatic N) is 1. The normalized spacial score (nSPS) is 14.6. The highest BCUT2D eigenvalue weighted by Gasteiger charge is 2.24. The van der Waals surface area contributed by atoms with Gasteiger partial charge in [0.05, 0.1) is 12.7 Å². The summed E-state index contributed by atoms with van der Waals surface area (Å²) in [6.45, 7) is 1.30. The van der Waals surface area contributed by atoms with Gasteiger partial charge in [0.1, 0.15) is 0 Å². The molecule has 0 spiro atoms. The summed E-state index contributed by atoms with van der Waals surface area (Å²) in [5.41, 5.74) is 1.68. The van der Waals surface area contributed by atoms with Crippen molar-refractivity contribution in [2.24, 2.45) is 5.92 Å². The van der Waals surface area contributed by atoms with Gasteiger partial charge in [-0.3, -0.25) is 4.79 Å². The second-order valence-electron chi connectivity index (χ2n) is 7.42. The Morgan fingerprint density at radius 1 is 1.10 bits per heavy atom. The van der Waals surface area contributed by atoms with E-state index in [-0.39, 0.29) is 18.1 Å². The van der Waals surface area contributed by atoms with Crippen LogP contribution in [0.4, 0.5) is 4.39 Å². The number of carboxylic acids is 1. The number of halogens is 1. The van der Waals surface area contributed by atoms with Crippen LogP contribution in [-0.4, -0.2) is 42.1 Å². The van der Waals surface area contributed by atoms with Crippen molar-refractivity contribution >= 4 is 11.9 Å². The van der Waals surface area contributed by atoms with E-state index in [1.54, 1.807) is 30.3 Å². The Kier molecular flexibility index (Phi) is 6.86. The molecule has 5 nitrogen and oxygen atoms in total. The van der Waals surface area contributed by atoms with Crippen LogP contribution < -0.4 is 4.74 Å². The van der Waals surface area contributed by atoms with Crippen molar-refractivity contribution in [1.29, 1.82) is 0 Å². The number of aryl methyl sites for hydroxylation is 1. The number of piperidine rings is 1. The molecular weight excluding hydrogens is 373 g/mol. The average molecular weight is 399 g/mol. The highest BCUT2D eigenvalue weighted by Crippen LogP contribution is 2.25. The minimum Gasteiger partial charge on any atom is -0.494 e. The van der Waals surface area contributed by atoms with Crippen molar-refractivity contribution < 1.29 is 23.8 Å². The topological polar surface area (TPSA) is 66.8 Å². The number of methoxy groups -OCH3 is 1. The Hall–Kier alpha value is -2.89. The standard InChI is InChI=1S/C23H26FNO4/c1-29-20-8-4-6-17(22(20)24)9-10-21(26)25-13-11-16(12-14-25)15-18-5-2-3-7-19(18)23(27)28/h2-8,16H,9-15H2,1H3,(H,27,28). The highest BCUT2D eigenvalue weighted by molar-refractivity contribution is 5.89. The number of hydrogen-bond acceptors (Lipinski definition) is 3. The van der Waals surface area contributed by atoms with Crippen molar-refractivity contribution in [2.45, 2.75) is 32.1 Å². The molecule has 29 heavy (non-hydrogen) atoms. The molecule has 0 unspecified atom stereocenters. The summed E-state index contributed by atoms with van der Waals surface area (Å²) in [5, 5.41) is 9.33. The van der Waals surface area contributed by atoms with Gasteiger partial charge in [-0.1, -0.05) is 30.3 Å². The van der Waals surface area contributed by atoms with Gasteiger partial charge in [-0.25, -0.2) is 9.18 Å². The largest absolute Gasteiger partial charge is 0.494 e. The number of carboxylic acid groups (broad SMARTS) is 1. The number of carbonyl (C=O) groups is 2. The van der Waals surface area contributed by atoms with Crippen LogP contribution in [0.15, 0.2) is 42.5 Å². The quantitative estimate of drug-likeness (QED) is 0.766. The molecule has 2 aromatic carbocycles. The van der Waals surface area contributed by atoms with E-state index >= 15 is 0 Å². The SMILES string of the molecule is COc1cccc(CCC(=O)N2CCC(Cc3ccccc3C(=O)O)CC2)c1F. The Bertz CT molecular complexity index is 875. The summed E-state index contributed by atoms with van der Waals surface area (Å²) in [6, 6.07) is 12.1. The zero-order valence-electron chi connectivity index (χ0n) is 16.6. The van der Waals surface area contributed by atoms with Gasteiger partial charge in [-0.15, -0.1) is 0 Å². The lowest BCUT2D eigenvalue weighted by Gasteiger charge is -2.32. The maximum absolute atomic E-state index is 14.2. The molecular formula is C23H26FNO4. The van der Waals surface area contributed by atoms with E-state index in [9.17, 15) is 19.1 Å². The maximum Gasteiger partial charge on any atom is 0.335 e. The van der Waals surface area contributed by atoms with E-state index in [1.165, 1.54) is 7.11 Å². The first-order valence-corrected chi connectivity index (χ1v) is 9.90. The predicted molar refractivity (Wildman–Crippen MR) is 108 cm³/mol. The smallest absolute Gasteiger partial charge is 0.335 e. The molecule has 0 aliphatic carbocycles. The second-order valence-corrected chi connectivity index (χ2v) is 7.42. The van der Waals surface area contributed by atoms with Gasteiger partial charge in [-0.2, -0.15) is 0 Å². The van der Waals surface area contributed by atoms with Crippen molar-refractivity contribution in [3.63, 3.8) is 0 Å². The van der Waals surface area contributed by atoms with E-state index in [1.807, 2.05) is 17.0 Å². The summed E-state index contributed by atoms with van der Waals surface area (Å²) < 4.78 is 19.2. The minimum absolute atomic E-state index is 0.0246. The molecule has 0 aromatic heterocycles. The number of aromatic carboxylic acids is 1. The van der Waals surface area contributed by atoms with Crippen molar-refractivity contribution in [3.05, 3.63) is 65.0 Å². The first kappa shape index (κ1) is 20.8. The number of likely N-dealkylation sites (tertiary alicyclic amines) is 1. The Morgan fingerprint density at radius 2 is 1.79 bits per heavy atom. The Balaban J connectivity index is 1.51. The predicted octanol–water partition coefficient (Wildman–Crippen LogP) is 3.95. The summed E-state index contributed by atoms with van der Waals surface area (Å²) in [5.74, 6) is -0.735. The number of ether oxygens (including phenoxy) is 1. The number of carbonyl (C=O) groups excluding carboxylic acids is 1. The number of amides is 1. The minimum atomic E-state index is -0.905. The highest BCUT2D eigenvalue weighted by atomic mass is 19.1. The first-order valence-electron chi connectivity index (χ1n) is 9.90. The average Bonchev–Trinajstić information content (AvgIpc) is 2.73. The molecule has 1 aliphatic heterocycles. The molecule has 1 fully saturated rings. The molecule has 1 N–H and O–H groups in total. The van der Waals surface area contributed by atoms with Gasteiger partial charge < -0.3 is 14.7 Å². The van der Waals surface area contributed by atoms with Gasteiger partial charge >= 0.3 is 5.97 Å². The zero-order chi connectivity index (χ0) is 20.8. The Labute approximate surface area is 170 Å². The maximum atomic E-state index is 14.2. The van der Waals surface area contributed by atoms with Crippen LogP contribution in [0.25, 0.3) is 0 Å². The number of benzene rings is 2. The summed E-state index contributed by atoms with van der Waals surface area (Å²) in [7, 11) is 1.42. The van der Waals surface area contributed by atoms with Gasteiger partial charge in [0.15, 0.2) is 11.6 Å². The molecule has 6 heteroatoms. The number of hydrogen-bond donors (Lipinski definition) is 1. The van der Waals surface area contributed by atoms with Crippen LogP contribution in [-0.2, 0) is 17.6 Å². The third kappa shape index (κ3) is 5.13. The lowest BCUT2D eigenvalue weighted by atomic mass is 9.88. The van der Waals surface area contributed by atoms with E-state index < -0.39 is 11.8 Å². The lowest BCUT2D eigenvalue weighted by Crippen LogP contribution is -2.39. The van der Waals surface area contributed by atoms with Gasteiger partial charge in [-0.05, 0) is 54.9 Å². The molecule has 0 radical (unpaired) electrons. The van der Waals surface area contributed by atoms with Crippen LogP contribution in [0.2, 0.25) is 0 Å². The number of rotatable bonds is 7. The van der Waals surface area contributed by atoms with Crippen molar-refractivity contribution in [3.8, 4) is 5.75 Å². The second kappa shape index (κ2) is 9.54.